The van der Waals surface area contributed by atoms with E-state index in [0.29, 0.717) is 12.2 Å². The highest BCUT2D eigenvalue weighted by Crippen LogP contribution is 2.34. The summed E-state index contributed by atoms with van der Waals surface area (Å²) in [4.78, 5) is 13.4. The van der Waals surface area contributed by atoms with Crippen LogP contribution in [0.2, 0.25) is 0 Å². The van der Waals surface area contributed by atoms with E-state index in [-0.39, 0.29) is 30.8 Å². The lowest BCUT2D eigenvalue weighted by Crippen LogP contribution is -2.44. The maximum atomic E-state index is 12.8. The number of benzene rings is 1. The van der Waals surface area contributed by atoms with Gasteiger partial charge in [0.25, 0.3) is 5.91 Å². The van der Waals surface area contributed by atoms with Crippen molar-refractivity contribution in [3.05, 3.63) is 23.8 Å². The first kappa shape index (κ1) is 15.5. The van der Waals surface area contributed by atoms with Crippen molar-refractivity contribution in [2.75, 3.05) is 20.2 Å². The molecule has 1 aliphatic heterocycles. The summed E-state index contributed by atoms with van der Waals surface area (Å²) in [5.41, 5.74) is -0.0443. The van der Waals surface area contributed by atoms with Crippen molar-refractivity contribution in [3.63, 3.8) is 0 Å². The number of halogens is 3. The number of methoxy groups -OCH3 is 1. The standard InChI is InChI=1S/C14H16F3NO3/c1-21-10-4-5-12(19)11(7-10)13(20)18-6-2-3-9(8-18)14(15,16)17/h4-5,7,9,19H,2-3,6,8H2,1H3. The van der Waals surface area contributed by atoms with E-state index in [2.05, 4.69) is 0 Å². The molecule has 0 aliphatic carbocycles. The van der Waals surface area contributed by atoms with Crippen molar-refractivity contribution >= 4 is 5.91 Å². The number of aromatic hydroxyl groups is 1. The van der Waals surface area contributed by atoms with Gasteiger partial charge in [-0.2, -0.15) is 13.2 Å². The first-order chi connectivity index (χ1) is 9.82. The molecule has 0 aromatic heterocycles. The van der Waals surface area contributed by atoms with E-state index < -0.39 is 18.0 Å². The highest BCUT2D eigenvalue weighted by molar-refractivity contribution is 5.97. The van der Waals surface area contributed by atoms with Crippen molar-refractivity contribution in [3.8, 4) is 11.5 Å². The van der Waals surface area contributed by atoms with Crippen molar-refractivity contribution in [2.24, 2.45) is 5.92 Å². The second-order valence-electron chi connectivity index (χ2n) is 5.02. The number of carbonyl (C=O) groups excluding carboxylic acids is 1. The summed E-state index contributed by atoms with van der Waals surface area (Å²) in [5, 5.41) is 9.73. The number of likely N-dealkylation sites (tertiary alicyclic amines) is 1. The number of rotatable bonds is 2. The molecule has 1 heterocycles. The molecule has 1 amide bonds. The topological polar surface area (TPSA) is 49.8 Å². The van der Waals surface area contributed by atoms with E-state index >= 15 is 0 Å². The quantitative estimate of drug-likeness (QED) is 0.914. The third kappa shape index (κ3) is 3.40. The average molecular weight is 303 g/mol. The normalized spacial score (nSPS) is 19.4. The van der Waals surface area contributed by atoms with Crippen LogP contribution in [0.15, 0.2) is 18.2 Å². The summed E-state index contributed by atoms with van der Waals surface area (Å²) < 4.78 is 43.3. The molecular weight excluding hydrogens is 287 g/mol. The molecule has 0 spiro atoms. The summed E-state index contributed by atoms with van der Waals surface area (Å²) in [6.45, 7) is -0.124. The maximum absolute atomic E-state index is 12.8. The molecule has 1 fully saturated rings. The Morgan fingerprint density at radius 1 is 1.43 bits per heavy atom. The molecule has 0 saturated carbocycles. The zero-order valence-corrected chi connectivity index (χ0v) is 11.5. The van der Waals surface area contributed by atoms with Gasteiger partial charge in [-0.15, -0.1) is 0 Å². The second kappa shape index (κ2) is 5.83. The Morgan fingerprint density at radius 2 is 2.14 bits per heavy atom. The molecule has 4 nitrogen and oxygen atoms in total. The average Bonchev–Trinajstić information content (AvgIpc) is 2.46. The van der Waals surface area contributed by atoms with Gasteiger partial charge in [0.2, 0.25) is 0 Å². The van der Waals surface area contributed by atoms with Gasteiger partial charge in [0, 0.05) is 13.1 Å². The minimum atomic E-state index is -4.31. The van der Waals surface area contributed by atoms with Gasteiger partial charge in [-0.3, -0.25) is 4.79 Å². The number of carbonyl (C=O) groups is 1. The van der Waals surface area contributed by atoms with Crippen LogP contribution in [0.5, 0.6) is 11.5 Å². The number of phenols is 1. The first-order valence-electron chi connectivity index (χ1n) is 6.56. The number of piperidine rings is 1. The van der Waals surface area contributed by atoms with Gasteiger partial charge in [0.15, 0.2) is 0 Å². The lowest BCUT2D eigenvalue weighted by molar-refractivity contribution is -0.184. The Hall–Kier alpha value is -1.92. The lowest BCUT2D eigenvalue weighted by Gasteiger charge is -2.33. The van der Waals surface area contributed by atoms with E-state index in [1.165, 1.54) is 25.3 Å². The van der Waals surface area contributed by atoms with Crippen LogP contribution in [0, 0.1) is 5.92 Å². The summed E-state index contributed by atoms with van der Waals surface area (Å²) >= 11 is 0. The number of nitrogens with zero attached hydrogens (tertiary/aromatic N) is 1. The van der Waals surface area contributed by atoms with Gasteiger partial charge < -0.3 is 14.7 Å². The molecule has 1 atom stereocenters. The Labute approximate surface area is 120 Å². The Balaban J connectivity index is 2.20. The minimum absolute atomic E-state index is 0.0252. The van der Waals surface area contributed by atoms with Crippen LogP contribution >= 0.6 is 0 Å². The number of hydrogen-bond acceptors (Lipinski definition) is 3. The fourth-order valence-corrected chi connectivity index (χ4v) is 2.41. The molecule has 1 aromatic carbocycles. The lowest BCUT2D eigenvalue weighted by atomic mass is 9.97. The minimum Gasteiger partial charge on any atom is -0.507 e. The largest absolute Gasteiger partial charge is 0.507 e. The van der Waals surface area contributed by atoms with E-state index in [1.807, 2.05) is 0 Å². The highest BCUT2D eigenvalue weighted by atomic mass is 19.4. The summed E-state index contributed by atoms with van der Waals surface area (Å²) in [7, 11) is 1.40. The number of alkyl halides is 3. The van der Waals surface area contributed by atoms with Crippen molar-refractivity contribution in [1.82, 2.24) is 4.90 Å². The number of amides is 1. The molecule has 1 N–H and O–H groups in total. The van der Waals surface area contributed by atoms with Crippen LogP contribution < -0.4 is 4.74 Å². The summed E-state index contributed by atoms with van der Waals surface area (Å²) in [6.07, 6.45) is -3.99. The Kier molecular flexibility index (Phi) is 4.29. The summed E-state index contributed by atoms with van der Waals surface area (Å²) in [6, 6.07) is 4.09. The van der Waals surface area contributed by atoms with E-state index in [9.17, 15) is 23.1 Å². The molecule has 0 bridgehead atoms. The van der Waals surface area contributed by atoms with Gasteiger partial charge in [-0.25, -0.2) is 0 Å². The number of hydrogen-bond donors (Lipinski definition) is 1. The monoisotopic (exact) mass is 303 g/mol. The van der Waals surface area contributed by atoms with Crippen molar-refractivity contribution in [2.45, 2.75) is 19.0 Å². The molecule has 0 radical (unpaired) electrons. The molecule has 1 unspecified atom stereocenters. The third-order valence-electron chi connectivity index (χ3n) is 3.61. The summed E-state index contributed by atoms with van der Waals surface area (Å²) in [5.74, 6) is -2.03. The highest BCUT2D eigenvalue weighted by Gasteiger charge is 2.42. The predicted molar refractivity (Wildman–Crippen MR) is 69.3 cm³/mol. The molecule has 116 valence electrons. The van der Waals surface area contributed by atoms with Gasteiger partial charge in [0.1, 0.15) is 11.5 Å². The fourth-order valence-electron chi connectivity index (χ4n) is 2.41. The molecule has 1 saturated heterocycles. The van der Waals surface area contributed by atoms with Crippen LogP contribution in [0.3, 0.4) is 0 Å². The molecular formula is C14H16F3NO3. The number of phenolic OH excluding ortho intramolecular Hbond substituents is 1. The zero-order chi connectivity index (χ0) is 15.6. The molecule has 21 heavy (non-hydrogen) atoms. The van der Waals surface area contributed by atoms with Crippen molar-refractivity contribution < 1.29 is 27.8 Å². The first-order valence-corrected chi connectivity index (χ1v) is 6.56. The van der Waals surface area contributed by atoms with Crippen LogP contribution in [-0.2, 0) is 0 Å². The molecule has 1 aliphatic rings. The van der Waals surface area contributed by atoms with Gasteiger partial charge in [-0.1, -0.05) is 0 Å². The van der Waals surface area contributed by atoms with E-state index in [0.717, 1.165) is 4.90 Å². The van der Waals surface area contributed by atoms with E-state index in [1.54, 1.807) is 0 Å². The SMILES string of the molecule is COc1ccc(O)c(C(=O)N2CCCC(C(F)(F)F)C2)c1. The Morgan fingerprint density at radius 3 is 2.76 bits per heavy atom. The molecule has 7 heteroatoms. The van der Waals surface area contributed by atoms with Crippen LogP contribution in [-0.4, -0.2) is 42.3 Å². The zero-order valence-electron chi connectivity index (χ0n) is 11.5. The maximum Gasteiger partial charge on any atom is 0.393 e. The van der Waals surface area contributed by atoms with E-state index in [4.69, 9.17) is 4.74 Å². The van der Waals surface area contributed by atoms with Gasteiger partial charge >= 0.3 is 6.18 Å². The fraction of sp³-hybridized carbons (Fsp3) is 0.500. The molecule has 2 rings (SSSR count). The third-order valence-corrected chi connectivity index (χ3v) is 3.61. The van der Waals surface area contributed by atoms with Crippen LogP contribution in [0.25, 0.3) is 0 Å². The molecule has 1 aromatic rings. The van der Waals surface area contributed by atoms with Crippen LogP contribution in [0.1, 0.15) is 23.2 Å². The predicted octanol–water partition coefficient (Wildman–Crippen LogP) is 2.82. The second-order valence-corrected chi connectivity index (χ2v) is 5.02. The smallest absolute Gasteiger partial charge is 0.393 e. The van der Waals surface area contributed by atoms with Gasteiger partial charge in [0.05, 0.1) is 18.6 Å². The number of ether oxygens (including phenoxy) is 1. The van der Waals surface area contributed by atoms with Gasteiger partial charge in [-0.05, 0) is 31.0 Å². The van der Waals surface area contributed by atoms with Crippen LogP contribution in [0.4, 0.5) is 13.2 Å². The Bertz CT molecular complexity index is 531. The van der Waals surface area contributed by atoms with Crippen molar-refractivity contribution in [1.29, 1.82) is 0 Å².